The summed E-state index contributed by atoms with van der Waals surface area (Å²) < 4.78 is 0. The molecule has 2 aromatic carbocycles. The average molecular weight is 679 g/mol. The molecule has 203 valence electrons. The molecule has 2 N–H and O–H groups in total. The van der Waals surface area contributed by atoms with Gasteiger partial charge >= 0.3 is 0 Å². The molecule has 3 nitrogen and oxygen atoms in total. The third-order valence-electron chi connectivity index (χ3n) is 8.50. The maximum absolute atomic E-state index is 10.9. The Bertz CT molecular complexity index is 1030. The first-order valence-corrected chi connectivity index (χ1v) is 14.3. The van der Waals surface area contributed by atoms with Crippen LogP contribution in [-0.2, 0) is 20.1 Å². The van der Waals surface area contributed by atoms with Crippen molar-refractivity contribution in [3.63, 3.8) is 0 Å². The molecule has 0 amide bonds. The van der Waals surface area contributed by atoms with Crippen molar-refractivity contribution >= 4 is 10.9 Å². The number of aliphatic hydroxyl groups excluding tert-OH is 2. The normalized spacial score (nSPS) is 27.6. The van der Waals surface area contributed by atoms with Gasteiger partial charge in [0.1, 0.15) is 0 Å². The van der Waals surface area contributed by atoms with Crippen LogP contribution in [0.4, 0.5) is 0 Å². The maximum atomic E-state index is 10.9. The first-order chi connectivity index (χ1) is 17.6. The van der Waals surface area contributed by atoms with Gasteiger partial charge in [0.2, 0.25) is 0 Å². The number of hydrogen-bond donors (Lipinski definition) is 2. The van der Waals surface area contributed by atoms with E-state index in [0.29, 0.717) is 17.8 Å². The summed E-state index contributed by atoms with van der Waals surface area (Å²) in [5, 5.41) is 23.0. The second-order valence-corrected chi connectivity index (χ2v) is 10.9. The Morgan fingerprint density at radius 3 is 2.00 bits per heavy atom. The van der Waals surface area contributed by atoms with Crippen molar-refractivity contribution in [2.75, 3.05) is 0 Å². The van der Waals surface area contributed by atoms with Crippen LogP contribution in [0, 0.1) is 29.7 Å². The van der Waals surface area contributed by atoms with Gasteiger partial charge in [-0.25, -0.2) is 0 Å². The van der Waals surface area contributed by atoms with Gasteiger partial charge in [0.15, 0.2) is 0 Å². The molecule has 1 heterocycles. The standard InChI is InChI=1S/C18H34O2.C15H10N.Ir/c1-3-7-14-11-5-9-13-10-6-12-15(8-4-2)18(20)16(13)17(14)19;1-2-6-12(7-3-1)15-11-10-13-8-4-5-9-14(13)16-15;/h13-20H,3-12H2,1-2H3;1-6,8-11H;/q;-1;/t13?,14-,15+,16?,17?,18?;;. The molecular formula is C33H44IrNO2-. The quantitative estimate of drug-likeness (QED) is 0.271. The number of pyridine rings is 1. The molecule has 1 aromatic heterocycles. The fraction of sp³-hybridized carbons (Fsp3) is 0.545. The van der Waals surface area contributed by atoms with Crippen LogP contribution in [0.25, 0.3) is 22.2 Å². The van der Waals surface area contributed by atoms with E-state index in [1.165, 1.54) is 31.1 Å². The van der Waals surface area contributed by atoms with Crippen molar-refractivity contribution in [1.29, 1.82) is 0 Å². The Hall–Kier alpha value is -1.58. The third kappa shape index (κ3) is 7.73. The number of fused-ring (bicyclic) bond motifs is 2. The summed E-state index contributed by atoms with van der Waals surface area (Å²) in [4.78, 5) is 4.61. The van der Waals surface area contributed by atoms with E-state index >= 15 is 0 Å². The van der Waals surface area contributed by atoms with Gasteiger partial charge in [0.05, 0.1) is 17.7 Å². The SMILES string of the molecule is CCC[C@@H]1CCCC2CCC[C@H](CCC)C(O)C2C1O.[Ir].[c-]1ccccc1-c1ccc2ccccc2n1. The van der Waals surface area contributed by atoms with Gasteiger partial charge in [-0.05, 0) is 73.4 Å². The molecule has 2 aliphatic rings. The minimum Gasteiger partial charge on any atom is -0.392 e. The topological polar surface area (TPSA) is 53.4 Å². The van der Waals surface area contributed by atoms with E-state index in [0.717, 1.165) is 55.3 Å². The Labute approximate surface area is 237 Å². The molecule has 2 aliphatic carbocycles. The molecule has 4 unspecified atom stereocenters. The van der Waals surface area contributed by atoms with E-state index in [9.17, 15) is 10.2 Å². The van der Waals surface area contributed by atoms with E-state index in [1.54, 1.807) is 0 Å². The minimum absolute atomic E-state index is 0. The molecule has 0 spiro atoms. The molecule has 4 heteroatoms. The zero-order valence-corrected chi connectivity index (χ0v) is 24.9. The molecule has 0 aliphatic heterocycles. The predicted molar refractivity (Wildman–Crippen MR) is 150 cm³/mol. The zero-order valence-electron chi connectivity index (χ0n) is 22.5. The summed E-state index contributed by atoms with van der Waals surface area (Å²) in [5.74, 6) is 1.55. The van der Waals surface area contributed by atoms with Crippen LogP contribution in [0.5, 0.6) is 0 Å². The van der Waals surface area contributed by atoms with Crippen molar-refractivity contribution in [2.24, 2.45) is 23.7 Å². The molecule has 0 bridgehead atoms. The van der Waals surface area contributed by atoms with Gasteiger partial charge in [-0.2, -0.15) is 0 Å². The van der Waals surface area contributed by atoms with Crippen LogP contribution in [0.2, 0.25) is 0 Å². The number of nitrogens with zero attached hydrogens (tertiary/aromatic N) is 1. The molecule has 5 rings (SSSR count). The first kappa shape index (κ1) is 30.0. The summed E-state index contributed by atoms with van der Waals surface area (Å²) in [6.45, 7) is 4.41. The average Bonchev–Trinajstić information content (AvgIpc) is 3.16. The van der Waals surface area contributed by atoms with Crippen LogP contribution in [-0.4, -0.2) is 27.4 Å². The molecule has 6 atom stereocenters. The Morgan fingerprint density at radius 2 is 1.41 bits per heavy atom. The second kappa shape index (κ2) is 15.1. The molecule has 37 heavy (non-hydrogen) atoms. The van der Waals surface area contributed by atoms with Crippen molar-refractivity contribution in [1.82, 2.24) is 4.98 Å². The van der Waals surface area contributed by atoms with Gasteiger partial charge in [0, 0.05) is 26.0 Å². The minimum atomic E-state index is -0.269. The summed E-state index contributed by atoms with van der Waals surface area (Å²) in [7, 11) is 0. The predicted octanol–water partition coefficient (Wildman–Crippen LogP) is 7.84. The van der Waals surface area contributed by atoms with Gasteiger partial charge in [-0.15, -0.1) is 35.9 Å². The van der Waals surface area contributed by atoms with Crippen LogP contribution >= 0.6 is 0 Å². The van der Waals surface area contributed by atoms with E-state index in [4.69, 9.17) is 0 Å². The van der Waals surface area contributed by atoms with E-state index in [1.807, 2.05) is 48.5 Å². The van der Waals surface area contributed by atoms with Crippen LogP contribution in [0.3, 0.4) is 0 Å². The smallest absolute Gasteiger partial charge is 0.0623 e. The van der Waals surface area contributed by atoms with Crippen molar-refractivity contribution in [3.05, 3.63) is 66.7 Å². The van der Waals surface area contributed by atoms with Gasteiger partial charge in [-0.3, -0.25) is 4.98 Å². The van der Waals surface area contributed by atoms with Crippen LogP contribution < -0.4 is 0 Å². The van der Waals surface area contributed by atoms with E-state index < -0.39 is 0 Å². The summed E-state index contributed by atoms with van der Waals surface area (Å²) in [6, 6.07) is 23.4. The second-order valence-electron chi connectivity index (χ2n) is 10.9. The van der Waals surface area contributed by atoms with E-state index in [-0.39, 0.29) is 38.2 Å². The van der Waals surface area contributed by atoms with Gasteiger partial charge in [-0.1, -0.05) is 69.9 Å². The monoisotopic (exact) mass is 679 g/mol. The first-order valence-electron chi connectivity index (χ1n) is 14.3. The summed E-state index contributed by atoms with van der Waals surface area (Å²) in [5.41, 5.74) is 3.03. The van der Waals surface area contributed by atoms with E-state index in [2.05, 4.69) is 37.0 Å². The number of aliphatic hydroxyl groups is 2. The zero-order chi connectivity index (χ0) is 25.3. The molecule has 2 saturated carbocycles. The Morgan fingerprint density at radius 1 is 0.784 bits per heavy atom. The van der Waals surface area contributed by atoms with Crippen LogP contribution in [0.15, 0.2) is 60.7 Å². The van der Waals surface area contributed by atoms with Gasteiger partial charge < -0.3 is 10.2 Å². The summed E-state index contributed by atoms with van der Waals surface area (Å²) in [6.07, 6.45) is 11.2. The number of aromatic nitrogens is 1. The number of benzene rings is 2. The molecule has 3 aromatic rings. The molecule has 0 saturated heterocycles. The fourth-order valence-electron chi connectivity index (χ4n) is 6.68. The number of hydrogen-bond acceptors (Lipinski definition) is 3. The largest absolute Gasteiger partial charge is 0.392 e. The van der Waals surface area contributed by atoms with Crippen molar-refractivity contribution < 1.29 is 30.3 Å². The molecule has 1 radical (unpaired) electrons. The Balaban J connectivity index is 0.000000204. The molecule has 2 fully saturated rings. The third-order valence-corrected chi connectivity index (χ3v) is 8.50. The van der Waals surface area contributed by atoms with Crippen molar-refractivity contribution in [2.45, 2.75) is 90.3 Å². The summed E-state index contributed by atoms with van der Waals surface area (Å²) >= 11 is 0. The number of rotatable bonds is 5. The van der Waals surface area contributed by atoms with Gasteiger partial charge in [0.25, 0.3) is 0 Å². The Kier molecular flexibility index (Phi) is 12.2. The van der Waals surface area contributed by atoms with Crippen molar-refractivity contribution in [3.8, 4) is 11.3 Å². The molecular weight excluding hydrogens is 635 g/mol. The maximum Gasteiger partial charge on any atom is 0.0623 e. The van der Waals surface area contributed by atoms with Crippen LogP contribution in [0.1, 0.15) is 78.1 Å². The fourth-order valence-corrected chi connectivity index (χ4v) is 6.68. The number of para-hydroxylation sites is 1.